The number of rotatable bonds is 3. The Bertz CT molecular complexity index is 950. The van der Waals surface area contributed by atoms with Crippen LogP contribution in [0.5, 0.6) is 0 Å². The number of piperidine rings is 1. The molecule has 3 heterocycles. The molecule has 1 aliphatic heterocycles. The summed E-state index contributed by atoms with van der Waals surface area (Å²) in [6.45, 7) is 1.31. The van der Waals surface area contributed by atoms with Crippen LogP contribution in [0.2, 0.25) is 0 Å². The van der Waals surface area contributed by atoms with Crippen LogP contribution >= 0.6 is 0 Å². The Labute approximate surface area is 150 Å². The Kier molecular flexibility index (Phi) is 4.35. The summed E-state index contributed by atoms with van der Waals surface area (Å²) in [4.78, 5) is 26.9. The number of nitrogens with zero attached hydrogens (tertiary/aromatic N) is 4. The summed E-state index contributed by atoms with van der Waals surface area (Å²) in [6.07, 6.45) is 3.67. The van der Waals surface area contributed by atoms with Gasteiger partial charge in [0.1, 0.15) is 5.69 Å². The van der Waals surface area contributed by atoms with Crippen molar-refractivity contribution in [2.24, 2.45) is 0 Å². The number of benzene rings is 1. The molecule has 4 rings (SSSR count). The van der Waals surface area contributed by atoms with Crippen molar-refractivity contribution >= 4 is 5.91 Å². The fourth-order valence-electron chi connectivity index (χ4n) is 3.35. The van der Waals surface area contributed by atoms with E-state index in [1.165, 1.54) is 16.8 Å². The molecular weight excluding hydrogens is 330 g/mol. The van der Waals surface area contributed by atoms with E-state index in [1.807, 2.05) is 24.3 Å². The van der Waals surface area contributed by atoms with Gasteiger partial charge in [-0.3, -0.25) is 14.7 Å². The second kappa shape index (κ2) is 6.95. The normalized spacial score (nSPS) is 17.2. The molecular formula is C19H19N5O2. The van der Waals surface area contributed by atoms with Crippen LogP contribution in [-0.4, -0.2) is 43.9 Å². The summed E-state index contributed by atoms with van der Waals surface area (Å²) < 4.78 is 1.27. The molecule has 3 aromatic rings. The van der Waals surface area contributed by atoms with Crippen molar-refractivity contribution in [2.75, 3.05) is 13.1 Å². The van der Waals surface area contributed by atoms with Crippen molar-refractivity contribution < 1.29 is 4.79 Å². The van der Waals surface area contributed by atoms with Gasteiger partial charge in [-0.1, -0.05) is 18.2 Å². The van der Waals surface area contributed by atoms with E-state index >= 15 is 0 Å². The lowest BCUT2D eigenvalue weighted by molar-refractivity contribution is 0.0698. The highest BCUT2D eigenvalue weighted by molar-refractivity contribution is 5.92. The van der Waals surface area contributed by atoms with E-state index in [-0.39, 0.29) is 23.1 Å². The van der Waals surface area contributed by atoms with Crippen molar-refractivity contribution in [2.45, 2.75) is 18.8 Å². The molecule has 1 unspecified atom stereocenters. The van der Waals surface area contributed by atoms with Crippen molar-refractivity contribution in [3.63, 3.8) is 0 Å². The smallest absolute Gasteiger partial charge is 0.274 e. The van der Waals surface area contributed by atoms with Crippen LogP contribution in [0.15, 0.2) is 59.5 Å². The number of amides is 1. The van der Waals surface area contributed by atoms with Gasteiger partial charge in [-0.05, 0) is 37.1 Å². The van der Waals surface area contributed by atoms with Gasteiger partial charge in [-0.25, -0.2) is 0 Å². The molecule has 1 saturated heterocycles. The van der Waals surface area contributed by atoms with Gasteiger partial charge in [0, 0.05) is 37.0 Å². The number of hydrogen-bond acceptors (Lipinski definition) is 4. The Hall–Kier alpha value is -3.22. The largest absolute Gasteiger partial charge is 0.337 e. The maximum Gasteiger partial charge on any atom is 0.274 e. The zero-order valence-corrected chi connectivity index (χ0v) is 14.2. The fourth-order valence-corrected chi connectivity index (χ4v) is 3.35. The molecule has 1 aliphatic rings. The summed E-state index contributed by atoms with van der Waals surface area (Å²) in [5, 5.41) is 11.3. The SMILES string of the molecule is O=C(c1ccc(=O)n(-c2ccccc2)n1)N1CCCC(c2ccn[nH]2)C1. The second-order valence-electron chi connectivity index (χ2n) is 6.41. The number of carbonyl (C=O) groups excluding carboxylic acids is 1. The molecule has 1 amide bonds. The first kappa shape index (κ1) is 16.3. The van der Waals surface area contributed by atoms with E-state index in [9.17, 15) is 9.59 Å². The summed E-state index contributed by atoms with van der Waals surface area (Å²) in [7, 11) is 0. The number of hydrogen-bond donors (Lipinski definition) is 1. The quantitative estimate of drug-likeness (QED) is 0.784. The molecule has 1 aromatic carbocycles. The highest BCUT2D eigenvalue weighted by Crippen LogP contribution is 2.25. The minimum Gasteiger partial charge on any atom is -0.337 e. The van der Waals surface area contributed by atoms with E-state index in [4.69, 9.17) is 0 Å². The van der Waals surface area contributed by atoms with Crippen molar-refractivity contribution in [1.82, 2.24) is 24.9 Å². The van der Waals surface area contributed by atoms with E-state index in [2.05, 4.69) is 15.3 Å². The predicted molar refractivity (Wildman–Crippen MR) is 96.3 cm³/mol. The average Bonchev–Trinajstić information content (AvgIpc) is 3.23. The fraction of sp³-hybridized carbons (Fsp3) is 0.263. The Morgan fingerprint density at radius 1 is 1.12 bits per heavy atom. The molecule has 0 radical (unpaired) electrons. The summed E-state index contributed by atoms with van der Waals surface area (Å²) in [5.41, 5.74) is 1.70. The van der Waals surface area contributed by atoms with Gasteiger partial charge >= 0.3 is 0 Å². The number of para-hydroxylation sites is 1. The highest BCUT2D eigenvalue weighted by atomic mass is 16.2. The first-order chi connectivity index (χ1) is 12.7. The number of aromatic amines is 1. The molecule has 2 aromatic heterocycles. The van der Waals surface area contributed by atoms with Crippen LogP contribution in [-0.2, 0) is 0 Å². The minimum absolute atomic E-state index is 0.154. The molecule has 1 fully saturated rings. The van der Waals surface area contributed by atoms with E-state index in [0.29, 0.717) is 18.8 Å². The van der Waals surface area contributed by atoms with Gasteiger partial charge in [0.15, 0.2) is 0 Å². The highest BCUT2D eigenvalue weighted by Gasteiger charge is 2.27. The maximum atomic E-state index is 12.9. The maximum absolute atomic E-state index is 12.9. The lowest BCUT2D eigenvalue weighted by Gasteiger charge is -2.32. The van der Waals surface area contributed by atoms with Gasteiger partial charge in [-0.15, -0.1) is 0 Å². The van der Waals surface area contributed by atoms with Gasteiger partial charge < -0.3 is 4.90 Å². The first-order valence-electron chi connectivity index (χ1n) is 8.67. The molecule has 26 heavy (non-hydrogen) atoms. The van der Waals surface area contributed by atoms with Crippen molar-refractivity contribution in [3.05, 3.63) is 76.5 Å². The molecule has 7 nitrogen and oxygen atoms in total. The monoisotopic (exact) mass is 349 g/mol. The third-order valence-electron chi connectivity index (χ3n) is 4.69. The van der Waals surface area contributed by atoms with Gasteiger partial charge in [0.05, 0.1) is 5.69 Å². The van der Waals surface area contributed by atoms with Crippen molar-refractivity contribution in [3.8, 4) is 5.69 Å². The standard InChI is InChI=1S/C19H19N5O2/c25-18-9-8-17(22-24(18)15-6-2-1-3-7-15)19(26)23-12-4-5-14(13-23)16-10-11-20-21-16/h1-3,6-11,14H,4-5,12-13H2,(H,20,21). The number of H-pyrrole nitrogens is 1. The van der Waals surface area contributed by atoms with Crippen LogP contribution in [0.1, 0.15) is 34.9 Å². The first-order valence-corrected chi connectivity index (χ1v) is 8.67. The third-order valence-corrected chi connectivity index (χ3v) is 4.69. The summed E-state index contributed by atoms with van der Waals surface area (Å²) >= 11 is 0. The molecule has 132 valence electrons. The number of nitrogens with one attached hydrogen (secondary N) is 1. The molecule has 0 bridgehead atoms. The molecule has 0 saturated carbocycles. The Balaban J connectivity index is 1.59. The Morgan fingerprint density at radius 2 is 1.96 bits per heavy atom. The van der Waals surface area contributed by atoms with Crippen LogP contribution in [0.4, 0.5) is 0 Å². The number of likely N-dealkylation sites (tertiary alicyclic amines) is 1. The van der Waals surface area contributed by atoms with Crippen LogP contribution in [0.25, 0.3) is 5.69 Å². The van der Waals surface area contributed by atoms with E-state index in [1.54, 1.807) is 23.2 Å². The molecule has 7 heteroatoms. The topological polar surface area (TPSA) is 83.9 Å². The van der Waals surface area contributed by atoms with E-state index < -0.39 is 0 Å². The lowest BCUT2D eigenvalue weighted by Crippen LogP contribution is -2.40. The molecule has 0 spiro atoms. The zero-order valence-electron chi connectivity index (χ0n) is 14.2. The zero-order chi connectivity index (χ0) is 17.9. The van der Waals surface area contributed by atoms with Gasteiger partial charge in [0.25, 0.3) is 11.5 Å². The van der Waals surface area contributed by atoms with Crippen LogP contribution in [0, 0.1) is 0 Å². The van der Waals surface area contributed by atoms with Crippen LogP contribution < -0.4 is 5.56 Å². The third kappa shape index (κ3) is 3.15. The lowest BCUT2D eigenvalue weighted by atomic mass is 9.95. The van der Waals surface area contributed by atoms with Crippen LogP contribution in [0.3, 0.4) is 0 Å². The van der Waals surface area contributed by atoms with Crippen molar-refractivity contribution in [1.29, 1.82) is 0 Å². The van der Waals surface area contributed by atoms with Gasteiger partial charge in [0.2, 0.25) is 0 Å². The summed E-state index contributed by atoms with van der Waals surface area (Å²) in [5.74, 6) is 0.0918. The summed E-state index contributed by atoms with van der Waals surface area (Å²) in [6, 6.07) is 14.0. The predicted octanol–water partition coefficient (Wildman–Crippen LogP) is 1.98. The number of aromatic nitrogens is 4. The molecule has 0 aliphatic carbocycles. The van der Waals surface area contributed by atoms with Gasteiger partial charge in [-0.2, -0.15) is 14.9 Å². The Morgan fingerprint density at radius 3 is 2.73 bits per heavy atom. The molecule has 1 N–H and O–H groups in total. The average molecular weight is 349 g/mol. The number of carbonyl (C=O) groups is 1. The second-order valence-corrected chi connectivity index (χ2v) is 6.41. The minimum atomic E-state index is -0.262. The van der Waals surface area contributed by atoms with E-state index in [0.717, 1.165) is 18.5 Å². The molecule has 1 atom stereocenters.